The highest BCUT2D eigenvalue weighted by molar-refractivity contribution is 6.02. The highest BCUT2D eigenvalue weighted by Crippen LogP contribution is 2.37. The van der Waals surface area contributed by atoms with Crippen LogP contribution in [0.5, 0.6) is 11.8 Å². The zero-order valence-corrected chi connectivity index (χ0v) is 16.5. The van der Waals surface area contributed by atoms with Crippen LogP contribution in [0.15, 0.2) is 58.8 Å². The molecule has 7 nitrogen and oxygen atoms in total. The van der Waals surface area contributed by atoms with Gasteiger partial charge in [-0.15, -0.1) is 10.2 Å². The molecule has 154 valence electrons. The molecule has 0 saturated heterocycles. The smallest absolute Gasteiger partial charge is 0.295 e. The molecule has 30 heavy (non-hydrogen) atoms. The molecule has 4 rings (SSSR count). The predicted molar refractivity (Wildman–Crippen MR) is 112 cm³/mol. The summed E-state index contributed by atoms with van der Waals surface area (Å²) in [4.78, 5) is 24.5. The fourth-order valence-corrected chi connectivity index (χ4v) is 3.95. The van der Waals surface area contributed by atoms with Gasteiger partial charge >= 0.3 is 0 Å². The number of carbonyl (C=O) groups is 2. The van der Waals surface area contributed by atoms with E-state index in [-0.39, 0.29) is 35.7 Å². The van der Waals surface area contributed by atoms with E-state index in [1.807, 2.05) is 30.3 Å². The van der Waals surface area contributed by atoms with Crippen molar-refractivity contribution in [1.29, 1.82) is 0 Å². The Kier molecular flexibility index (Phi) is 5.61. The number of benzene rings is 2. The molecule has 2 N–H and O–H groups in total. The minimum absolute atomic E-state index is 0.0838. The maximum absolute atomic E-state index is 12.4. The number of rotatable bonds is 4. The van der Waals surface area contributed by atoms with E-state index in [0.717, 1.165) is 37.7 Å². The number of fused-ring (bicyclic) bond motifs is 1. The first kappa shape index (κ1) is 19.8. The van der Waals surface area contributed by atoms with Crippen LogP contribution in [-0.4, -0.2) is 26.6 Å². The summed E-state index contributed by atoms with van der Waals surface area (Å²) in [7, 11) is 0. The first-order valence-corrected chi connectivity index (χ1v) is 10.1. The molecule has 0 radical (unpaired) electrons. The lowest BCUT2D eigenvalue weighted by molar-refractivity contribution is -0.123. The lowest BCUT2D eigenvalue weighted by atomic mass is 9.89. The van der Waals surface area contributed by atoms with Crippen molar-refractivity contribution in [1.82, 2.24) is 4.57 Å². The van der Waals surface area contributed by atoms with Gasteiger partial charge in [-0.2, -0.15) is 0 Å². The van der Waals surface area contributed by atoms with Crippen LogP contribution in [0.2, 0.25) is 0 Å². The summed E-state index contributed by atoms with van der Waals surface area (Å²) in [5, 5.41) is 29.1. The van der Waals surface area contributed by atoms with Gasteiger partial charge in [0.15, 0.2) is 0 Å². The summed E-state index contributed by atoms with van der Waals surface area (Å²) in [6, 6.07) is 13.9. The number of nitrogens with zero attached hydrogens (tertiary/aromatic N) is 3. The molecule has 0 spiro atoms. The predicted octanol–water partition coefficient (Wildman–Crippen LogP) is 4.80. The highest BCUT2D eigenvalue weighted by atomic mass is 16.3. The Morgan fingerprint density at radius 3 is 2.33 bits per heavy atom. The fourth-order valence-electron chi connectivity index (χ4n) is 3.95. The second-order valence-corrected chi connectivity index (χ2v) is 7.66. The van der Waals surface area contributed by atoms with Gasteiger partial charge in [0.1, 0.15) is 0 Å². The van der Waals surface area contributed by atoms with Crippen molar-refractivity contribution in [3.63, 3.8) is 0 Å². The average molecular weight is 405 g/mol. The zero-order chi connectivity index (χ0) is 21.1. The van der Waals surface area contributed by atoms with Gasteiger partial charge in [-0.1, -0.05) is 49.6 Å². The molecular formula is C23H23N3O4. The van der Waals surface area contributed by atoms with Gasteiger partial charge in [0.05, 0.1) is 6.54 Å². The Hall–Kier alpha value is -3.48. The molecule has 0 bridgehead atoms. The Morgan fingerprint density at radius 1 is 0.900 bits per heavy atom. The van der Waals surface area contributed by atoms with Gasteiger partial charge in [-0.25, -0.2) is 0 Å². The Morgan fingerprint density at radius 2 is 1.60 bits per heavy atom. The highest BCUT2D eigenvalue weighted by Gasteiger charge is 2.22. The molecule has 2 aromatic carbocycles. The summed E-state index contributed by atoms with van der Waals surface area (Å²) >= 11 is 0. The third-order valence-corrected chi connectivity index (χ3v) is 5.64. The molecule has 1 heterocycles. The molecule has 1 fully saturated rings. The number of hydrogen-bond donors (Lipinski definition) is 2. The van der Waals surface area contributed by atoms with E-state index in [9.17, 15) is 19.8 Å². The first-order chi connectivity index (χ1) is 14.5. The first-order valence-electron chi connectivity index (χ1n) is 10.1. The van der Waals surface area contributed by atoms with Crippen molar-refractivity contribution < 1.29 is 19.8 Å². The SMILES string of the molecule is O=C(N=NC(=O)C1CCCCC1)c1ccc2c(O)n(Cc3ccccc3)c(O)c2c1. The second-order valence-electron chi connectivity index (χ2n) is 7.66. The largest absolute Gasteiger partial charge is 0.494 e. The van der Waals surface area contributed by atoms with E-state index in [2.05, 4.69) is 10.2 Å². The molecule has 1 aliphatic rings. The Labute approximate surface area is 173 Å². The molecule has 1 aliphatic carbocycles. The van der Waals surface area contributed by atoms with Crippen LogP contribution in [-0.2, 0) is 11.3 Å². The van der Waals surface area contributed by atoms with Gasteiger partial charge in [0, 0.05) is 22.3 Å². The van der Waals surface area contributed by atoms with Crippen molar-refractivity contribution in [3.05, 3.63) is 59.7 Å². The summed E-state index contributed by atoms with van der Waals surface area (Å²) in [6.07, 6.45) is 4.71. The quantitative estimate of drug-likeness (QED) is 0.608. The van der Waals surface area contributed by atoms with E-state index in [1.54, 1.807) is 6.07 Å². The van der Waals surface area contributed by atoms with Crippen molar-refractivity contribution >= 4 is 22.6 Å². The van der Waals surface area contributed by atoms with Gasteiger partial charge in [0.25, 0.3) is 11.8 Å². The molecule has 7 heteroatoms. The van der Waals surface area contributed by atoms with Gasteiger partial charge in [-0.05, 0) is 36.6 Å². The maximum Gasteiger partial charge on any atom is 0.295 e. The lowest BCUT2D eigenvalue weighted by Gasteiger charge is -2.17. The molecule has 0 atom stereocenters. The summed E-state index contributed by atoms with van der Waals surface area (Å²) in [6.45, 7) is 0.284. The monoisotopic (exact) mass is 405 g/mol. The van der Waals surface area contributed by atoms with Crippen LogP contribution < -0.4 is 0 Å². The third-order valence-electron chi connectivity index (χ3n) is 5.64. The maximum atomic E-state index is 12.4. The van der Waals surface area contributed by atoms with E-state index in [0.29, 0.717) is 10.8 Å². The molecule has 2 amide bonds. The van der Waals surface area contributed by atoms with Crippen LogP contribution >= 0.6 is 0 Å². The summed E-state index contributed by atoms with van der Waals surface area (Å²) in [5.74, 6) is -1.38. The Balaban J connectivity index is 1.57. The summed E-state index contributed by atoms with van der Waals surface area (Å²) in [5.41, 5.74) is 1.10. The van der Waals surface area contributed by atoms with E-state index >= 15 is 0 Å². The van der Waals surface area contributed by atoms with E-state index < -0.39 is 5.91 Å². The molecule has 0 aliphatic heterocycles. The van der Waals surface area contributed by atoms with Gasteiger partial charge < -0.3 is 10.2 Å². The Bertz CT molecular complexity index is 1110. The van der Waals surface area contributed by atoms with Gasteiger partial charge in [-0.3, -0.25) is 14.2 Å². The topological polar surface area (TPSA) is 104 Å². The fraction of sp³-hybridized carbons (Fsp3) is 0.304. The lowest BCUT2D eigenvalue weighted by Crippen LogP contribution is -2.15. The van der Waals surface area contributed by atoms with Crippen molar-refractivity contribution in [2.24, 2.45) is 16.1 Å². The average Bonchev–Trinajstić information content (AvgIpc) is 3.03. The molecule has 1 aromatic heterocycles. The van der Waals surface area contributed by atoms with Crippen LogP contribution in [0.25, 0.3) is 10.8 Å². The minimum Gasteiger partial charge on any atom is -0.494 e. The minimum atomic E-state index is -0.657. The number of carbonyl (C=O) groups excluding carboxylic acids is 2. The summed E-state index contributed by atoms with van der Waals surface area (Å²) < 4.78 is 1.38. The van der Waals surface area contributed by atoms with Gasteiger partial charge in [0.2, 0.25) is 11.8 Å². The van der Waals surface area contributed by atoms with Crippen LogP contribution in [0, 0.1) is 5.92 Å². The van der Waals surface area contributed by atoms with E-state index in [1.165, 1.54) is 16.7 Å². The van der Waals surface area contributed by atoms with Crippen molar-refractivity contribution in [2.45, 2.75) is 38.6 Å². The molecule has 0 unspecified atom stereocenters. The molecule has 3 aromatic rings. The van der Waals surface area contributed by atoms with Crippen LogP contribution in [0.1, 0.15) is 48.0 Å². The van der Waals surface area contributed by atoms with Crippen molar-refractivity contribution in [3.8, 4) is 11.8 Å². The third kappa shape index (κ3) is 3.96. The number of aromatic nitrogens is 1. The molecule has 1 saturated carbocycles. The standard InChI is InChI=1S/C23H23N3O4/c27-20(16-9-5-2-6-10-16)24-25-21(28)17-11-12-18-19(13-17)23(30)26(22(18)29)14-15-7-3-1-4-8-15/h1,3-4,7-8,11-13,16,29-30H,2,5-6,9-10,14H2. The number of amides is 2. The number of azo groups is 1. The van der Waals surface area contributed by atoms with Crippen LogP contribution in [0.3, 0.4) is 0 Å². The normalized spacial score (nSPS) is 15.1. The second kappa shape index (κ2) is 8.49. The van der Waals surface area contributed by atoms with Crippen LogP contribution in [0.4, 0.5) is 0 Å². The number of hydrogen-bond acceptors (Lipinski definition) is 4. The number of aromatic hydroxyl groups is 2. The van der Waals surface area contributed by atoms with Crippen molar-refractivity contribution in [2.75, 3.05) is 0 Å². The van der Waals surface area contributed by atoms with E-state index in [4.69, 9.17) is 0 Å². The molecular weight excluding hydrogens is 382 g/mol. The zero-order valence-electron chi connectivity index (χ0n) is 16.5.